The van der Waals surface area contributed by atoms with Crippen LogP contribution in [0.2, 0.25) is 0 Å². The van der Waals surface area contributed by atoms with E-state index in [-0.39, 0.29) is 0 Å². The van der Waals surface area contributed by atoms with E-state index in [0.29, 0.717) is 6.04 Å². The number of morpholine rings is 1. The van der Waals surface area contributed by atoms with Gasteiger partial charge in [-0.1, -0.05) is 6.58 Å². The third kappa shape index (κ3) is 2.16. The molecule has 2 aliphatic heterocycles. The minimum atomic E-state index is 0.352. The van der Waals surface area contributed by atoms with Gasteiger partial charge < -0.3 is 19.9 Å². The van der Waals surface area contributed by atoms with Crippen LogP contribution in [0.25, 0.3) is 0 Å². The smallest absolute Gasteiger partial charge is 0.0986 e. The molecule has 4 nitrogen and oxygen atoms in total. The zero-order valence-corrected chi connectivity index (χ0v) is 11.6. The molecule has 1 saturated heterocycles. The van der Waals surface area contributed by atoms with Crippen molar-refractivity contribution in [3.8, 4) is 0 Å². The van der Waals surface area contributed by atoms with Crippen LogP contribution in [-0.2, 0) is 4.74 Å². The van der Waals surface area contributed by atoms with Gasteiger partial charge in [0, 0.05) is 31.5 Å². The van der Waals surface area contributed by atoms with Gasteiger partial charge >= 0.3 is 0 Å². The first kappa shape index (κ1) is 12.4. The molecule has 1 aromatic carbocycles. The van der Waals surface area contributed by atoms with Crippen LogP contribution in [0.1, 0.15) is 18.5 Å². The number of hydrogen-bond donors (Lipinski definition) is 1. The number of nitrogens with one attached hydrogen (secondary N) is 1. The van der Waals surface area contributed by atoms with Crippen molar-refractivity contribution in [1.29, 1.82) is 0 Å². The Kier molecular flexibility index (Phi) is 3.11. The summed E-state index contributed by atoms with van der Waals surface area (Å²) in [4.78, 5) is 4.56. The standard InChI is InChI=1S/C15H21N3O/c1-11-14-10-13(18-6-8-19-9-7-18)4-5-15(14)16-12(2)17(11)3/h4-5,10-11,16H,2,6-9H2,1,3H3. The summed E-state index contributed by atoms with van der Waals surface area (Å²) >= 11 is 0. The van der Waals surface area contributed by atoms with Gasteiger partial charge in [0.05, 0.1) is 25.1 Å². The normalized spacial score (nSPS) is 23.1. The quantitative estimate of drug-likeness (QED) is 0.838. The Hall–Kier alpha value is -1.68. The molecule has 0 bridgehead atoms. The molecular weight excluding hydrogens is 238 g/mol. The summed E-state index contributed by atoms with van der Waals surface area (Å²) in [7, 11) is 2.07. The van der Waals surface area contributed by atoms with Gasteiger partial charge in [0.25, 0.3) is 0 Å². The zero-order chi connectivity index (χ0) is 13.4. The first-order valence-electron chi connectivity index (χ1n) is 6.82. The van der Waals surface area contributed by atoms with E-state index in [9.17, 15) is 0 Å². The van der Waals surface area contributed by atoms with Gasteiger partial charge in [-0.05, 0) is 30.7 Å². The lowest BCUT2D eigenvalue weighted by atomic mass is 10.0. The van der Waals surface area contributed by atoms with Crippen LogP contribution in [0.3, 0.4) is 0 Å². The Bertz CT molecular complexity index is 494. The largest absolute Gasteiger partial charge is 0.378 e. The fourth-order valence-corrected chi connectivity index (χ4v) is 2.71. The van der Waals surface area contributed by atoms with E-state index in [1.165, 1.54) is 16.9 Å². The van der Waals surface area contributed by atoms with Crippen LogP contribution >= 0.6 is 0 Å². The third-order valence-corrected chi connectivity index (χ3v) is 4.15. The van der Waals surface area contributed by atoms with Crippen molar-refractivity contribution >= 4 is 11.4 Å². The maximum atomic E-state index is 5.41. The molecule has 2 aliphatic rings. The van der Waals surface area contributed by atoms with E-state index in [2.05, 4.69) is 53.9 Å². The van der Waals surface area contributed by atoms with Gasteiger partial charge in [-0.3, -0.25) is 0 Å². The van der Waals surface area contributed by atoms with Gasteiger partial charge in [-0.15, -0.1) is 0 Å². The Balaban J connectivity index is 1.92. The van der Waals surface area contributed by atoms with Crippen LogP contribution in [-0.4, -0.2) is 38.3 Å². The highest BCUT2D eigenvalue weighted by Crippen LogP contribution is 2.36. The highest BCUT2D eigenvalue weighted by Gasteiger charge is 2.23. The maximum absolute atomic E-state index is 5.41. The molecule has 2 heterocycles. The van der Waals surface area contributed by atoms with E-state index in [1.54, 1.807) is 0 Å². The Morgan fingerprint density at radius 1 is 1.32 bits per heavy atom. The first-order valence-corrected chi connectivity index (χ1v) is 6.82. The highest BCUT2D eigenvalue weighted by atomic mass is 16.5. The van der Waals surface area contributed by atoms with Crippen LogP contribution in [0, 0.1) is 0 Å². The molecule has 1 fully saturated rings. The van der Waals surface area contributed by atoms with Crippen molar-refractivity contribution in [3.63, 3.8) is 0 Å². The van der Waals surface area contributed by atoms with Gasteiger partial charge in [0.15, 0.2) is 0 Å². The number of rotatable bonds is 1. The molecular formula is C15H21N3O. The van der Waals surface area contributed by atoms with Gasteiger partial charge in [0.2, 0.25) is 0 Å². The minimum Gasteiger partial charge on any atom is -0.378 e. The lowest BCUT2D eigenvalue weighted by molar-refractivity contribution is 0.122. The SMILES string of the molecule is C=C1Nc2ccc(N3CCOCC3)cc2C(C)N1C. The number of nitrogens with zero attached hydrogens (tertiary/aromatic N) is 2. The molecule has 1 unspecified atom stereocenters. The first-order chi connectivity index (χ1) is 9.16. The second-order valence-corrected chi connectivity index (χ2v) is 5.23. The maximum Gasteiger partial charge on any atom is 0.0986 e. The Morgan fingerprint density at radius 2 is 2.05 bits per heavy atom. The predicted octanol–water partition coefficient (Wildman–Crippen LogP) is 2.41. The van der Waals surface area contributed by atoms with Gasteiger partial charge in [-0.2, -0.15) is 0 Å². The molecule has 0 saturated carbocycles. The average Bonchev–Trinajstić information content (AvgIpc) is 2.46. The van der Waals surface area contributed by atoms with E-state index < -0.39 is 0 Å². The molecule has 1 atom stereocenters. The highest BCUT2D eigenvalue weighted by molar-refractivity contribution is 5.65. The summed E-state index contributed by atoms with van der Waals surface area (Å²) < 4.78 is 5.41. The number of fused-ring (bicyclic) bond motifs is 1. The van der Waals surface area contributed by atoms with E-state index in [0.717, 1.165) is 32.1 Å². The number of anilines is 2. The lowest BCUT2D eigenvalue weighted by Crippen LogP contribution is -2.36. The predicted molar refractivity (Wildman–Crippen MR) is 78.4 cm³/mol. The summed E-state index contributed by atoms with van der Waals surface area (Å²) in [6, 6.07) is 6.99. The summed E-state index contributed by atoms with van der Waals surface area (Å²) in [6.45, 7) is 9.85. The second-order valence-electron chi connectivity index (χ2n) is 5.23. The fraction of sp³-hybridized carbons (Fsp3) is 0.467. The summed E-state index contributed by atoms with van der Waals surface area (Å²) in [6.07, 6.45) is 0. The number of ether oxygens (including phenoxy) is 1. The van der Waals surface area contributed by atoms with Crippen molar-refractivity contribution in [2.45, 2.75) is 13.0 Å². The number of hydrogen-bond acceptors (Lipinski definition) is 4. The Labute approximate surface area is 114 Å². The van der Waals surface area contributed by atoms with E-state index in [4.69, 9.17) is 4.74 Å². The average molecular weight is 259 g/mol. The molecule has 1 N–H and O–H groups in total. The van der Waals surface area contributed by atoms with Crippen LogP contribution < -0.4 is 10.2 Å². The summed E-state index contributed by atoms with van der Waals surface area (Å²) in [5.41, 5.74) is 3.79. The van der Waals surface area contributed by atoms with Crippen molar-refractivity contribution in [1.82, 2.24) is 4.90 Å². The van der Waals surface area contributed by atoms with E-state index in [1.807, 2.05) is 0 Å². The van der Waals surface area contributed by atoms with Crippen LogP contribution in [0.5, 0.6) is 0 Å². The van der Waals surface area contributed by atoms with Crippen molar-refractivity contribution in [2.24, 2.45) is 0 Å². The monoisotopic (exact) mass is 259 g/mol. The molecule has 0 spiro atoms. The third-order valence-electron chi connectivity index (χ3n) is 4.15. The van der Waals surface area contributed by atoms with Crippen molar-refractivity contribution in [2.75, 3.05) is 43.6 Å². The van der Waals surface area contributed by atoms with Gasteiger partial charge in [0.1, 0.15) is 0 Å². The molecule has 0 radical (unpaired) electrons. The minimum absolute atomic E-state index is 0.352. The lowest BCUT2D eigenvalue weighted by Gasteiger charge is -2.37. The number of benzene rings is 1. The molecule has 3 rings (SSSR count). The fourth-order valence-electron chi connectivity index (χ4n) is 2.71. The second kappa shape index (κ2) is 4.78. The molecule has 0 aliphatic carbocycles. The molecule has 0 aromatic heterocycles. The molecule has 0 amide bonds. The zero-order valence-electron chi connectivity index (χ0n) is 11.6. The summed E-state index contributed by atoms with van der Waals surface area (Å²) in [5.74, 6) is 0.958. The molecule has 102 valence electrons. The van der Waals surface area contributed by atoms with E-state index >= 15 is 0 Å². The van der Waals surface area contributed by atoms with Crippen molar-refractivity contribution < 1.29 is 4.74 Å². The Morgan fingerprint density at radius 3 is 2.79 bits per heavy atom. The van der Waals surface area contributed by atoms with Crippen LogP contribution in [0.15, 0.2) is 30.6 Å². The molecule has 1 aromatic rings. The van der Waals surface area contributed by atoms with Crippen molar-refractivity contribution in [3.05, 3.63) is 36.2 Å². The van der Waals surface area contributed by atoms with Crippen LogP contribution in [0.4, 0.5) is 11.4 Å². The summed E-state index contributed by atoms with van der Waals surface area (Å²) in [5, 5.41) is 3.36. The topological polar surface area (TPSA) is 27.7 Å². The van der Waals surface area contributed by atoms with Gasteiger partial charge in [-0.25, -0.2) is 0 Å². The molecule has 19 heavy (non-hydrogen) atoms. The molecule has 4 heteroatoms.